The summed E-state index contributed by atoms with van der Waals surface area (Å²) in [6, 6.07) is 64.3. The van der Waals surface area contributed by atoms with Gasteiger partial charge in [-0.2, -0.15) is 0 Å². The van der Waals surface area contributed by atoms with Crippen molar-refractivity contribution in [2.75, 3.05) is 0 Å². The van der Waals surface area contributed by atoms with Crippen molar-refractivity contribution in [3.8, 4) is 39.6 Å². The number of nitrogens with zero attached hydrogens (tertiary/aromatic N) is 3. The van der Waals surface area contributed by atoms with Crippen LogP contribution in [0.5, 0.6) is 0 Å². The molecule has 282 valence electrons. The van der Waals surface area contributed by atoms with E-state index in [4.69, 9.17) is 9.97 Å². The summed E-state index contributed by atoms with van der Waals surface area (Å²) in [7, 11) is -2.29. The van der Waals surface area contributed by atoms with E-state index >= 15 is 0 Å². The maximum Gasteiger partial charge on any atom is 0.160 e. The lowest BCUT2D eigenvalue weighted by molar-refractivity contribution is 0.641. The minimum atomic E-state index is -2.29. The standard InChI is InChI=1S/C54H47N3Si/c1-53(2,38-23-15-9-16-24-38)40-27-31-46-44(33-40)45-34-41(54(3,4)39-25-17-10-18-26-39)28-32-47(45)57(46)42-29-30-43-48(35-42)58(5,6)51-49(36-19-11-7-12-20-36)55-52(56-50(43)51)37-21-13-8-14-22-37/h7-35H,1-6H3. The zero-order valence-corrected chi connectivity index (χ0v) is 35.1. The molecule has 10 rings (SSSR count). The highest BCUT2D eigenvalue weighted by molar-refractivity contribution is 7.04. The highest BCUT2D eigenvalue weighted by Gasteiger charge is 2.42. The zero-order chi connectivity index (χ0) is 39.8. The van der Waals surface area contributed by atoms with Gasteiger partial charge in [-0.1, -0.05) is 180 Å². The Morgan fingerprint density at radius 2 is 0.914 bits per heavy atom. The predicted octanol–water partition coefficient (Wildman–Crippen LogP) is 12.4. The van der Waals surface area contributed by atoms with Crippen molar-refractivity contribution in [2.24, 2.45) is 0 Å². The van der Waals surface area contributed by atoms with Crippen LogP contribution in [0.1, 0.15) is 49.9 Å². The van der Waals surface area contributed by atoms with Crippen LogP contribution in [0.15, 0.2) is 176 Å². The molecule has 0 atom stereocenters. The van der Waals surface area contributed by atoms with Crippen LogP contribution in [0.2, 0.25) is 13.1 Å². The summed E-state index contributed by atoms with van der Waals surface area (Å²) in [5, 5.41) is 5.25. The molecule has 1 aliphatic rings. The van der Waals surface area contributed by atoms with Crippen LogP contribution in [0, 0.1) is 0 Å². The van der Waals surface area contributed by atoms with Gasteiger partial charge in [0.15, 0.2) is 5.82 Å². The van der Waals surface area contributed by atoms with Crippen molar-refractivity contribution in [1.82, 2.24) is 14.5 Å². The Morgan fingerprint density at radius 3 is 1.43 bits per heavy atom. The van der Waals surface area contributed by atoms with Crippen LogP contribution in [-0.4, -0.2) is 22.6 Å². The average Bonchev–Trinajstić information content (AvgIpc) is 3.71. The van der Waals surface area contributed by atoms with E-state index in [9.17, 15) is 0 Å². The molecule has 0 unspecified atom stereocenters. The third kappa shape index (κ3) is 5.61. The molecule has 0 saturated heterocycles. The normalized spacial score (nSPS) is 13.5. The Balaban J connectivity index is 1.19. The lowest BCUT2D eigenvalue weighted by atomic mass is 9.77. The topological polar surface area (TPSA) is 30.7 Å². The van der Waals surface area contributed by atoms with Gasteiger partial charge in [-0.25, -0.2) is 9.97 Å². The smallest absolute Gasteiger partial charge is 0.160 e. The molecule has 0 N–H and O–H groups in total. The molecule has 0 saturated carbocycles. The lowest BCUT2D eigenvalue weighted by Gasteiger charge is -2.27. The second kappa shape index (κ2) is 13.4. The maximum absolute atomic E-state index is 5.37. The second-order valence-corrected chi connectivity index (χ2v) is 21.8. The van der Waals surface area contributed by atoms with Gasteiger partial charge in [0.25, 0.3) is 0 Å². The Labute approximate surface area is 342 Å². The summed E-state index contributed by atoms with van der Waals surface area (Å²) in [6.45, 7) is 14.3. The Morgan fingerprint density at radius 1 is 0.448 bits per heavy atom. The molecule has 0 spiro atoms. The first kappa shape index (κ1) is 36.0. The van der Waals surface area contributed by atoms with E-state index in [1.54, 1.807) is 0 Å². The molecule has 9 aromatic rings. The molecule has 3 nitrogen and oxygen atoms in total. The molecule has 3 heterocycles. The summed E-state index contributed by atoms with van der Waals surface area (Å²) in [6.07, 6.45) is 0. The Kier molecular flexibility index (Phi) is 8.29. The van der Waals surface area contributed by atoms with Gasteiger partial charge >= 0.3 is 0 Å². The number of fused-ring (bicyclic) bond motifs is 6. The van der Waals surface area contributed by atoms with Gasteiger partial charge in [0.05, 0.1) is 22.4 Å². The van der Waals surface area contributed by atoms with Crippen LogP contribution in [0.25, 0.3) is 61.4 Å². The van der Waals surface area contributed by atoms with E-state index in [-0.39, 0.29) is 10.8 Å². The zero-order valence-electron chi connectivity index (χ0n) is 34.1. The first-order chi connectivity index (χ1) is 28.0. The fourth-order valence-corrected chi connectivity index (χ4v) is 12.6. The van der Waals surface area contributed by atoms with Gasteiger partial charge in [0.1, 0.15) is 8.07 Å². The van der Waals surface area contributed by atoms with Gasteiger partial charge in [0, 0.05) is 38.4 Å². The molecule has 0 radical (unpaired) electrons. The third-order valence-electron chi connectivity index (χ3n) is 13.0. The number of benzene rings is 7. The van der Waals surface area contributed by atoms with Crippen molar-refractivity contribution in [1.29, 1.82) is 0 Å². The SMILES string of the molecule is CC(C)(c1ccccc1)c1ccc2c(c1)c1cc(C(C)(C)c3ccccc3)ccc1n2-c1ccc2c(c1)[Si](C)(C)c1c(-c3ccccc3)nc(-c3ccccc3)nc1-2. The Hall–Kier alpha value is -6.36. The summed E-state index contributed by atoms with van der Waals surface area (Å²) >= 11 is 0. The summed E-state index contributed by atoms with van der Waals surface area (Å²) in [5.74, 6) is 0.769. The van der Waals surface area contributed by atoms with Crippen molar-refractivity contribution in [3.05, 3.63) is 198 Å². The molecule has 0 fully saturated rings. The van der Waals surface area contributed by atoms with Gasteiger partial charge in [-0.05, 0) is 74.6 Å². The quantitative estimate of drug-likeness (QED) is 0.151. The Bertz CT molecular complexity index is 2890. The van der Waals surface area contributed by atoms with E-state index in [1.165, 1.54) is 65.7 Å². The predicted molar refractivity (Wildman–Crippen MR) is 247 cm³/mol. The molecule has 2 aromatic heterocycles. The highest BCUT2D eigenvalue weighted by Crippen LogP contribution is 2.42. The van der Waals surface area contributed by atoms with Crippen LogP contribution in [0.3, 0.4) is 0 Å². The summed E-state index contributed by atoms with van der Waals surface area (Å²) in [4.78, 5) is 10.7. The average molecular weight is 766 g/mol. The maximum atomic E-state index is 5.37. The van der Waals surface area contributed by atoms with E-state index in [0.29, 0.717) is 0 Å². The van der Waals surface area contributed by atoms with Gasteiger partial charge in [0.2, 0.25) is 0 Å². The van der Waals surface area contributed by atoms with E-state index < -0.39 is 8.07 Å². The van der Waals surface area contributed by atoms with Crippen LogP contribution < -0.4 is 10.4 Å². The molecular formula is C54H47N3Si. The van der Waals surface area contributed by atoms with Gasteiger partial charge in [-0.3, -0.25) is 0 Å². The minimum Gasteiger partial charge on any atom is -0.309 e. The highest BCUT2D eigenvalue weighted by atomic mass is 28.3. The number of hydrogen-bond donors (Lipinski definition) is 0. The molecule has 58 heavy (non-hydrogen) atoms. The monoisotopic (exact) mass is 765 g/mol. The fourth-order valence-electron chi connectivity index (χ4n) is 9.42. The lowest BCUT2D eigenvalue weighted by Crippen LogP contribution is -2.50. The summed E-state index contributed by atoms with van der Waals surface area (Å²) < 4.78 is 2.50. The van der Waals surface area contributed by atoms with Crippen LogP contribution in [0.4, 0.5) is 0 Å². The van der Waals surface area contributed by atoms with Crippen molar-refractivity contribution >= 4 is 40.3 Å². The van der Waals surface area contributed by atoms with E-state index in [0.717, 1.165) is 28.3 Å². The molecular weight excluding hydrogens is 719 g/mol. The van der Waals surface area contributed by atoms with E-state index in [2.05, 4.69) is 215 Å². The third-order valence-corrected chi connectivity index (χ3v) is 16.5. The molecule has 0 amide bonds. The van der Waals surface area contributed by atoms with Crippen molar-refractivity contribution < 1.29 is 0 Å². The first-order valence-electron chi connectivity index (χ1n) is 20.4. The van der Waals surface area contributed by atoms with Crippen LogP contribution in [-0.2, 0) is 10.8 Å². The largest absolute Gasteiger partial charge is 0.309 e. The summed E-state index contributed by atoms with van der Waals surface area (Å²) in [5.41, 5.74) is 14.0. The number of aromatic nitrogens is 3. The fraction of sp³-hybridized carbons (Fsp3) is 0.148. The molecule has 0 bridgehead atoms. The second-order valence-electron chi connectivity index (χ2n) is 17.5. The van der Waals surface area contributed by atoms with Crippen LogP contribution >= 0.6 is 0 Å². The molecule has 7 aromatic carbocycles. The van der Waals surface area contributed by atoms with Gasteiger partial charge in [-0.15, -0.1) is 0 Å². The minimum absolute atomic E-state index is 0.171. The van der Waals surface area contributed by atoms with Crippen molar-refractivity contribution in [3.63, 3.8) is 0 Å². The molecule has 0 aliphatic carbocycles. The number of rotatable bonds is 7. The first-order valence-corrected chi connectivity index (χ1v) is 23.4. The van der Waals surface area contributed by atoms with Crippen molar-refractivity contribution in [2.45, 2.75) is 51.6 Å². The van der Waals surface area contributed by atoms with Gasteiger partial charge < -0.3 is 4.57 Å². The molecule has 4 heteroatoms. The molecule has 1 aliphatic heterocycles. The number of hydrogen-bond acceptors (Lipinski definition) is 2. The van der Waals surface area contributed by atoms with E-state index in [1.807, 2.05) is 6.07 Å².